The smallest absolute Gasteiger partial charge is 0.0601 e. The van der Waals surface area contributed by atoms with Gasteiger partial charge in [-0.1, -0.05) is 27.7 Å². The summed E-state index contributed by atoms with van der Waals surface area (Å²) in [4.78, 5) is 0. The fraction of sp³-hybridized carbons (Fsp3) is 1.00. The number of rotatable bonds is 0. The maximum atomic E-state index is 10.5. The summed E-state index contributed by atoms with van der Waals surface area (Å²) in [5.41, 5.74) is 0.397. The first-order valence-corrected chi connectivity index (χ1v) is 7.08. The Balaban J connectivity index is 2.03. The molecule has 3 saturated carbocycles. The lowest BCUT2D eigenvalue weighted by Crippen LogP contribution is -2.36. The van der Waals surface area contributed by atoms with Crippen molar-refractivity contribution in [2.24, 2.45) is 28.1 Å². The molecule has 0 aromatic heterocycles. The highest BCUT2D eigenvalue weighted by Crippen LogP contribution is 2.73. The summed E-state index contributed by atoms with van der Waals surface area (Å²) in [7, 11) is 0. The number of fused-ring (bicyclic) bond motifs is 3. The van der Waals surface area contributed by atoms with Crippen molar-refractivity contribution in [1.82, 2.24) is 0 Å². The van der Waals surface area contributed by atoms with Crippen molar-refractivity contribution in [2.45, 2.75) is 65.6 Å². The number of hydrogen-bond donors (Lipinski definition) is 2. The van der Waals surface area contributed by atoms with E-state index in [1.807, 2.05) is 0 Å². The van der Waals surface area contributed by atoms with E-state index in [1.54, 1.807) is 0 Å². The van der Waals surface area contributed by atoms with E-state index in [1.165, 1.54) is 0 Å². The van der Waals surface area contributed by atoms with Crippen molar-refractivity contribution in [3.63, 3.8) is 0 Å². The van der Waals surface area contributed by atoms with Gasteiger partial charge in [-0.05, 0) is 53.8 Å². The number of aliphatic hydroxyl groups excluding tert-OH is 2. The molecule has 0 aromatic carbocycles. The standard InChI is InChI=1S/C15H26O2/c1-13(2)8-11(17)14(3)6-5-10(16)15(4)7-9(15)12(13)14/h9-12,16-17H,5-8H2,1-4H3/t9-,10-,11+,12-,14-,15-/m1/s1. The van der Waals surface area contributed by atoms with Gasteiger partial charge in [-0.15, -0.1) is 0 Å². The van der Waals surface area contributed by atoms with E-state index in [2.05, 4.69) is 27.7 Å². The van der Waals surface area contributed by atoms with Gasteiger partial charge in [0.05, 0.1) is 12.2 Å². The van der Waals surface area contributed by atoms with Crippen LogP contribution in [-0.4, -0.2) is 22.4 Å². The van der Waals surface area contributed by atoms with Gasteiger partial charge < -0.3 is 10.2 Å². The monoisotopic (exact) mass is 238 g/mol. The Morgan fingerprint density at radius 1 is 0.882 bits per heavy atom. The zero-order chi connectivity index (χ0) is 12.6. The average molecular weight is 238 g/mol. The van der Waals surface area contributed by atoms with E-state index in [4.69, 9.17) is 0 Å². The molecule has 0 amide bonds. The van der Waals surface area contributed by atoms with Crippen molar-refractivity contribution in [3.8, 4) is 0 Å². The normalized spacial score (nSPS) is 60.4. The summed E-state index contributed by atoms with van der Waals surface area (Å²) in [5, 5.41) is 20.8. The molecule has 2 heteroatoms. The SMILES string of the molecule is CC1(C)C[C@H](O)[C@@]2(C)CC[C@@H](O)[C@]3(C)C[C@@H]3[C@H]12. The van der Waals surface area contributed by atoms with Gasteiger partial charge in [-0.2, -0.15) is 0 Å². The molecule has 0 aliphatic heterocycles. The Morgan fingerprint density at radius 3 is 2.18 bits per heavy atom. The van der Waals surface area contributed by atoms with Crippen LogP contribution in [0.3, 0.4) is 0 Å². The van der Waals surface area contributed by atoms with Crippen LogP contribution in [0, 0.1) is 28.1 Å². The highest BCUT2D eigenvalue weighted by Gasteiger charge is 2.69. The van der Waals surface area contributed by atoms with E-state index >= 15 is 0 Å². The summed E-state index contributed by atoms with van der Waals surface area (Å²) in [6.45, 7) is 9.12. The molecular formula is C15H26O2. The molecule has 0 aromatic rings. The summed E-state index contributed by atoms with van der Waals surface area (Å²) < 4.78 is 0. The number of aliphatic hydroxyl groups is 2. The van der Waals surface area contributed by atoms with Crippen LogP contribution in [-0.2, 0) is 0 Å². The topological polar surface area (TPSA) is 40.5 Å². The third-order valence-corrected chi connectivity index (χ3v) is 6.50. The van der Waals surface area contributed by atoms with Crippen LogP contribution >= 0.6 is 0 Å². The van der Waals surface area contributed by atoms with Crippen molar-refractivity contribution in [3.05, 3.63) is 0 Å². The lowest BCUT2D eigenvalue weighted by Gasteiger charge is -2.38. The molecule has 0 spiro atoms. The molecule has 3 rings (SSSR count). The predicted molar refractivity (Wildman–Crippen MR) is 67.5 cm³/mol. The molecule has 2 N–H and O–H groups in total. The summed E-state index contributed by atoms with van der Waals surface area (Å²) in [6.07, 6.45) is 3.60. The third-order valence-electron chi connectivity index (χ3n) is 6.50. The molecule has 0 radical (unpaired) electrons. The summed E-state index contributed by atoms with van der Waals surface area (Å²) >= 11 is 0. The molecule has 3 fully saturated rings. The van der Waals surface area contributed by atoms with E-state index < -0.39 is 0 Å². The molecule has 2 nitrogen and oxygen atoms in total. The van der Waals surface area contributed by atoms with Gasteiger partial charge >= 0.3 is 0 Å². The molecule has 3 aliphatic rings. The molecular weight excluding hydrogens is 212 g/mol. The summed E-state index contributed by atoms with van der Waals surface area (Å²) in [6, 6.07) is 0. The van der Waals surface area contributed by atoms with E-state index in [0.29, 0.717) is 11.8 Å². The van der Waals surface area contributed by atoms with Crippen LogP contribution in [0.5, 0.6) is 0 Å². The Kier molecular flexibility index (Phi) is 2.17. The Labute approximate surface area is 104 Å². The van der Waals surface area contributed by atoms with Gasteiger partial charge in [0.1, 0.15) is 0 Å². The molecule has 0 unspecified atom stereocenters. The first-order valence-electron chi connectivity index (χ1n) is 7.08. The Hall–Kier alpha value is -0.0800. The fourth-order valence-electron chi connectivity index (χ4n) is 5.36. The van der Waals surface area contributed by atoms with Gasteiger partial charge in [-0.3, -0.25) is 0 Å². The Morgan fingerprint density at radius 2 is 1.53 bits per heavy atom. The van der Waals surface area contributed by atoms with E-state index in [-0.39, 0.29) is 28.5 Å². The minimum atomic E-state index is -0.183. The van der Waals surface area contributed by atoms with Crippen molar-refractivity contribution >= 4 is 0 Å². The van der Waals surface area contributed by atoms with Crippen molar-refractivity contribution in [2.75, 3.05) is 0 Å². The quantitative estimate of drug-likeness (QED) is 0.681. The van der Waals surface area contributed by atoms with Crippen molar-refractivity contribution in [1.29, 1.82) is 0 Å². The first-order chi connectivity index (χ1) is 7.72. The second-order valence-electron chi connectivity index (χ2n) is 8.06. The minimum absolute atomic E-state index is 0.0312. The molecule has 0 heterocycles. The van der Waals surface area contributed by atoms with E-state index in [9.17, 15) is 10.2 Å². The average Bonchev–Trinajstić information content (AvgIpc) is 2.81. The van der Waals surface area contributed by atoms with Crippen molar-refractivity contribution < 1.29 is 10.2 Å². The fourth-order valence-corrected chi connectivity index (χ4v) is 5.36. The van der Waals surface area contributed by atoms with Crippen LogP contribution in [0.2, 0.25) is 0 Å². The highest BCUT2D eigenvalue weighted by atomic mass is 16.3. The second kappa shape index (κ2) is 3.08. The maximum Gasteiger partial charge on any atom is 0.0601 e. The van der Waals surface area contributed by atoms with Crippen LogP contribution in [0.25, 0.3) is 0 Å². The number of hydrogen-bond acceptors (Lipinski definition) is 2. The van der Waals surface area contributed by atoms with Gasteiger partial charge in [0.25, 0.3) is 0 Å². The van der Waals surface area contributed by atoms with Crippen LogP contribution in [0.4, 0.5) is 0 Å². The largest absolute Gasteiger partial charge is 0.393 e. The summed E-state index contributed by atoms with van der Waals surface area (Å²) in [5.74, 6) is 1.20. The molecule has 17 heavy (non-hydrogen) atoms. The molecule has 0 bridgehead atoms. The molecule has 6 atom stereocenters. The zero-order valence-corrected chi connectivity index (χ0v) is 11.5. The van der Waals surface area contributed by atoms with Gasteiger partial charge in [0.15, 0.2) is 0 Å². The van der Waals surface area contributed by atoms with Crippen LogP contribution in [0.15, 0.2) is 0 Å². The second-order valence-corrected chi connectivity index (χ2v) is 8.06. The molecule has 98 valence electrons. The highest BCUT2D eigenvalue weighted by molar-refractivity contribution is 5.18. The minimum Gasteiger partial charge on any atom is -0.393 e. The van der Waals surface area contributed by atoms with Gasteiger partial charge in [0.2, 0.25) is 0 Å². The van der Waals surface area contributed by atoms with Crippen LogP contribution < -0.4 is 0 Å². The molecule has 0 saturated heterocycles. The zero-order valence-electron chi connectivity index (χ0n) is 11.5. The molecule has 3 aliphatic carbocycles. The third kappa shape index (κ3) is 1.34. The predicted octanol–water partition coefficient (Wildman–Crippen LogP) is 2.58. The van der Waals surface area contributed by atoms with E-state index in [0.717, 1.165) is 25.7 Å². The van der Waals surface area contributed by atoms with Gasteiger partial charge in [0, 0.05) is 0 Å². The lowest BCUT2D eigenvalue weighted by molar-refractivity contribution is 0.0189. The van der Waals surface area contributed by atoms with Crippen LogP contribution in [0.1, 0.15) is 53.4 Å². The van der Waals surface area contributed by atoms with Gasteiger partial charge in [-0.25, -0.2) is 0 Å². The maximum absolute atomic E-state index is 10.5. The lowest BCUT2D eigenvalue weighted by atomic mass is 9.66. The Bertz CT molecular complexity index is 351. The first kappa shape index (κ1) is 12.0.